The maximum Gasteiger partial charge on any atom is 0.416 e. The number of rotatable bonds is 5. The van der Waals surface area contributed by atoms with E-state index in [0.717, 1.165) is 12.1 Å². The number of ether oxygens (including phenoxy) is 1. The lowest BCUT2D eigenvalue weighted by Crippen LogP contribution is -2.37. The Morgan fingerprint density at radius 3 is 2.16 bits per heavy atom. The van der Waals surface area contributed by atoms with Crippen LogP contribution in [0.25, 0.3) is 0 Å². The summed E-state index contributed by atoms with van der Waals surface area (Å²) < 4.78 is 85.9. The van der Waals surface area contributed by atoms with Crippen LogP contribution in [0.15, 0.2) is 48.8 Å². The summed E-state index contributed by atoms with van der Waals surface area (Å²) in [6.07, 6.45) is -7.06. The molecule has 1 saturated heterocycles. The molecule has 202 valence electrons. The van der Waals surface area contributed by atoms with Gasteiger partial charge in [0.2, 0.25) is 0 Å². The maximum atomic E-state index is 13.4. The third-order valence-electron chi connectivity index (χ3n) is 6.54. The van der Waals surface area contributed by atoms with Crippen molar-refractivity contribution in [2.45, 2.75) is 32.6 Å². The Bertz CT molecular complexity index is 1280. The van der Waals surface area contributed by atoms with E-state index in [1.165, 1.54) is 12.4 Å². The Labute approximate surface area is 215 Å². The molecule has 0 saturated carbocycles. The SMILES string of the molecule is Cc1c(Cc2cc(C(F)(F)F)cc(C(F)(F)F)c2)cc(N2CCOCC2)c(NC(=O)c2cccnc2)c1C. The van der Waals surface area contributed by atoms with Gasteiger partial charge in [-0.15, -0.1) is 0 Å². The zero-order valence-electron chi connectivity index (χ0n) is 20.6. The second-order valence-corrected chi connectivity index (χ2v) is 9.07. The Morgan fingerprint density at radius 1 is 0.974 bits per heavy atom. The average Bonchev–Trinajstić information content (AvgIpc) is 2.88. The number of amides is 1. The van der Waals surface area contributed by atoms with Gasteiger partial charge in [0.15, 0.2) is 0 Å². The number of nitrogens with zero attached hydrogens (tertiary/aromatic N) is 2. The minimum Gasteiger partial charge on any atom is -0.378 e. The van der Waals surface area contributed by atoms with Crippen LogP contribution in [0.2, 0.25) is 0 Å². The van der Waals surface area contributed by atoms with E-state index in [9.17, 15) is 31.1 Å². The van der Waals surface area contributed by atoms with Gasteiger partial charge in [-0.3, -0.25) is 9.78 Å². The van der Waals surface area contributed by atoms with Gasteiger partial charge in [-0.25, -0.2) is 0 Å². The molecule has 1 fully saturated rings. The van der Waals surface area contributed by atoms with Crippen molar-refractivity contribution in [1.82, 2.24) is 4.98 Å². The highest BCUT2D eigenvalue weighted by molar-refractivity contribution is 6.06. The molecule has 1 aliphatic heterocycles. The number of aromatic nitrogens is 1. The lowest BCUT2D eigenvalue weighted by atomic mass is 9.92. The number of carbonyl (C=O) groups is 1. The molecule has 0 aliphatic carbocycles. The van der Waals surface area contributed by atoms with Crippen LogP contribution in [0.5, 0.6) is 0 Å². The Hall–Kier alpha value is -3.60. The number of pyridine rings is 1. The molecule has 1 aromatic heterocycles. The average molecular weight is 538 g/mol. The van der Waals surface area contributed by atoms with Gasteiger partial charge in [-0.1, -0.05) is 0 Å². The molecule has 4 rings (SSSR count). The Kier molecular flexibility index (Phi) is 7.68. The van der Waals surface area contributed by atoms with E-state index in [0.29, 0.717) is 59.9 Å². The van der Waals surface area contributed by atoms with Crippen molar-refractivity contribution in [1.29, 1.82) is 0 Å². The van der Waals surface area contributed by atoms with Gasteiger partial charge in [0.05, 0.1) is 41.3 Å². The van der Waals surface area contributed by atoms with E-state index in [2.05, 4.69) is 10.3 Å². The van der Waals surface area contributed by atoms with Crippen molar-refractivity contribution < 1.29 is 35.9 Å². The molecule has 3 aromatic rings. The highest BCUT2D eigenvalue weighted by Gasteiger charge is 2.37. The molecule has 1 N–H and O–H groups in total. The van der Waals surface area contributed by atoms with Gasteiger partial charge in [0.25, 0.3) is 5.91 Å². The lowest BCUT2D eigenvalue weighted by molar-refractivity contribution is -0.143. The first-order valence-electron chi connectivity index (χ1n) is 11.8. The van der Waals surface area contributed by atoms with E-state index in [-0.39, 0.29) is 18.1 Å². The van der Waals surface area contributed by atoms with Crippen LogP contribution in [0.1, 0.15) is 43.7 Å². The van der Waals surface area contributed by atoms with Gasteiger partial charge < -0.3 is 15.0 Å². The van der Waals surface area contributed by atoms with Gasteiger partial charge in [0, 0.05) is 25.5 Å². The zero-order chi connectivity index (χ0) is 27.7. The monoisotopic (exact) mass is 537 g/mol. The highest BCUT2D eigenvalue weighted by atomic mass is 19.4. The van der Waals surface area contributed by atoms with Crippen molar-refractivity contribution in [3.05, 3.63) is 87.7 Å². The fraction of sp³-hybridized carbons (Fsp3) is 0.333. The number of hydrogen-bond acceptors (Lipinski definition) is 4. The third kappa shape index (κ3) is 6.09. The summed E-state index contributed by atoms with van der Waals surface area (Å²) in [6.45, 7) is 5.35. The van der Waals surface area contributed by atoms with Crippen molar-refractivity contribution in [3.8, 4) is 0 Å². The molecule has 0 bridgehead atoms. The van der Waals surface area contributed by atoms with E-state index < -0.39 is 29.4 Å². The largest absolute Gasteiger partial charge is 0.416 e. The number of nitrogens with one attached hydrogen (secondary N) is 1. The standard InChI is InChI=1S/C27H25F6N3O2/c1-16-17(2)24(35-25(37)19-4-3-5-34-15-19)23(36-6-8-38-9-7-36)13-20(16)10-18-11-21(26(28,29)30)14-22(12-18)27(31,32)33/h3-5,11-15H,6-10H2,1-2H3,(H,35,37). The van der Waals surface area contributed by atoms with Crippen LogP contribution in [0, 0.1) is 13.8 Å². The minimum atomic E-state index is -4.93. The van der Waals surface area contributed by atoms with Crippen LogP contribution in [-0.4, -0.2) is 37.2 Å². The van der Waals surface area contributed by atoms with Crippen molar-refractivity contribution in [2.24, 2.45) is 0 Å². The smallest absolute Gasteiger partial charge is 0.378 e. The van der Waals surface area contributed by atoms with Crippen LogP contribution in [0.4, 0.5) is 37.7 Å². The molecule has 0 atom stereocenters. The number of hydrogen-bond donors (Lipinski definition) is 1. The quantitative estimate of drug-likeness (QED) is 0.382. The topological polar surface area (TPSA) is 54.5 Å². The first-order valence-corrected chi connectivity index (χ1v) is 11.8. The second kappa shape index (κ2) is 10.6. The van der Waals surface area contributed by atoms with E-state index in [4.69, 9.17) is 4.74 Å². The third-order valence-corrected chi connectivity index (χ3v) is 6.54. The second-order valence-electron chi connectivity index (χ2n) is 9.07. The Morgan fingerprint density at radius 2 is 1.61 bits per heavy atom. The molecule has 1 amide bonds. The predicted octanol–water partition coefficient (Wildman–Crippen LogP) is 6.42. The number of halogens is 6. The van der Waals surface area contributed by atoms with Crippen molar-refractivity contribution >= 4 is 17.3 Å². The summed E-state index contributed by atoms with van der Waals surface area (Å²) in [5, 5.41) is 2.92. The fourth-order valence-electron chi connectivity index (χ4n) is 4.39. The zero-order valence-corrected chi connectivity index (χ0v) is 20.6. The van der Waals surface area contributed by atoms with Crippen molar-refractivity contribution in [3.63, 3.8) is 0 Å². The summed E-state index contributed by atoms with van der Waals surface area (Å²) in [6, 6.07) is 6.58. The van der Waals surface area contributed by atoms with Crippen LogP contribution >= 0.6 is 0 Å². The first-order chi connectivity index (χ1) is 17.8. The van der Waals surface area contributed by atoms with Crippen LogP contribution in [-0.2, 0) is 23.5 Å². The summed E-state index contributed by atoms with van der Waals surface area (Å²) in [5.41, 5.74) is 0.499. The number of alkyl halides is 6. The molecular formula is C27H25F6N3O2. The molecule has 38 heavy (non-hydrogen) atoms. The summed E-state index contributed by atoms with van der Waals surface area (Å²) >= 11 is 0. The molecule has 0 radical (unpaired) electrons. The molecule has 2 heterocycles. The number of morpholine rings is 1. The Balaban J connectivity index is 1.79. The number of benzene rings is 2. The van der Waals surface area contributed by atoms with Crippen LogP contribution < -0.4 is 10.2 Å². The van der Waals surface area contributed by atoms with Gasteiger partial charge in [0.1, 0.15) is 0 Å². The summed E-state index contributed by atoms with van der Waals surface area (Å²) in [4.78, 5) is 18.9. The molecular weight excluding hydrogens is 512 g/mol. The van der Waals surface area contributed by atoms with Crippen LogP contribution in [0.3, 0.4) is 0 Å². The minimum absolute atomic E-state index is 0.116. The maximum absolute atomic E-state index is 13.4. The molecule has 0 unspecified atom stereocenters. The van der Waals surface area contributed by atoms with Gasteiger partial charge >= 0.3 is 12.4 Å². The molecule has 2 aromatic carbocycles. The van der Waals surface area contributed by atoms with Gasteiger partial charge in [-0.2, -0.15) is 26.3 Å². The predicted molar refractivity (Wildman–Crippen MR) is 130 cm³/mol. The number of carbonyl (C=O) groups excluding carboxylic acids is 1. The van der Waals surface area contributed by atoms with E-state index >= 15 is 0 Å². The summed E-state index contributed by atoms with van der Waals surface area (Å²) in [7, 11) is 0. The van der Waals surface area contributed by atoms with E-state index in [1.807, 2.05) is 4.90 Å². The molecule has 5 nitrogen and oxygen atoms in total. The molecule has 11 heteroatoms. The molecule has 1 aliphatic rings. The molecule has 0 spiro atoms. The fourth-order valence-corrected chi connectivity index (χ4v) is 4.39. The number of anilines is 2. The highest BCUT2D eigenvalue weighted by Crippen LogP contribution is 2.39. The van der Waals surface area contributed by atoms with Gasteiger partial charge in [-0.05, 0) is 78.9 Å². The van der Waals surface area contributed by atoms with E-state index in [1.54, 1.807) is 32.0 Å². The summed E-state index contributed by atoms with van der Waals surface area (Å²) in [5.74, 6) is -0.393. The van der Waals surface area contributed by atoms with Crippen molar-refractivity contribution in [2.75, 3.05) is 36.5 Å². The normalized spacial score (nSPS) is 14.5. The lowest BCUT2D eigenvalue weighted by Gasteiger charge is -2.32. The first kappa shape index (κ1) is 27.4.